The van der Waals surface area contributed by atoms with Crippen LogP contribution in [0.2, 0.25) is 10.0 Å². The molecular formula is C12H15BrCl2N2O. The Morgan fingerprint density at radius 2 is 2.00 bits per heavy atom. The van der Waals surface area contributed by atoms with Crippen molar-refractivity contribution in [2.24, 2.45) is 11.1 Å². The molecule has 0 aromatic heterocycles. The standard InChI is InChI=1S/C12H15BrCl2N2O/c1-12(2,11(16)17)3-4-18-10-6-8(14)7(13)5-9(10)15/h5-6H,3-4H2,1-2H3,(H3,16,17). The van der Waals surface area contributed by atoms with E-state index in [9.17, 15) is 0 Å². The van der Waals surface area contributed by atoms with Gasteiger partial charge in [-0.25, -0.2) is 0 Å². The highest BCUT2D eigenvalue weighted by Crippen LogP contribution is 2.34. The van der Waals surface area contributed by atoms with Gasteiger partial charge in [0.2, 0.25) is 0 Å². The Morgan fingerprint density at radius 1 is 1.39 bits per heavy atom. The minimum atomic E-state index is -0.383. The van der Waals surface area contributed by atoms with Gasteiger partial charge >= 0.3 is 0 Å². The lowest BCUT2D eigenvalue weighted by Crippen LogP contribution is -2.32. The molecule has 100 valence electrons. The molecule has 0 spiro atoms. The third kappa shape index (κ3) is 4.04. The first-order valence-corrected chi connectivity index (χ1v) is 6.91. The summed E-state index contributed by atoms with van der Waals surface area (Å²) in [5.74, 6) is 0.676. The molecule has 0 aliphatic carbocycles. The molecule has 0 saturated carbocycles. The van der Waals surface area contributed by atoms with Crippen molar-refractivity contribution in [1.29, 1.82) is 5.41 Å². The third-order valence-corrected chi connectivity index (χ3v) is 4.18. The number of amidine groups is 1. The average molecular weight is 354 g/mol. The van der Waals surface area contributed by atoms with Crippen LogP contribution in [0.3, 0.4) is 0 Å². The molecule has 0 radical (unpaired) electrons. The summed E-state index contributed by atoms with van der Waals surface area (Å²) in [5, 5.41) is 8.49. The van der Waals surface area contributed by atoms with E-state index in [1.807, 2.05) is 13.8 Å². The maximum Gasteiger partial charge on any atom is 0.139 e. The largest absolute Gasteiger partial charge is 0.492 e. The van der Waals surface area contributed by atoms with Crippen molar-refractivity contribution >= 4 is 45.0 Å². The van der Waals surface area contributed by atoms with E-state index in [4.69, 9.17) is 39.1 Å². The first kappa shape index (κ1) is 15.6. The lowest BCUT2D eigenvalue weighted by molar-refractivity contribution is 0.269. The van der Waals surface area contributed by atoms with Gasteiger partial charge in [-0.05, 0) is 28.4 Å². The number of rotatable bonds is 5. The molecule has 3 N–H and O–H groups in total. The van der Waals surface area contributed by atoms with Crippen molar-refractivity contribution in [2.45, 2.75) is 20.3 Å². The molecule has 1 aromatic carbocycles. The SMILES string of the molecule is CC(C)(CCOc1cc(Cl)c(Br)cc1Cl)C(=N)N. The van der Waals surface area contributed by atoms with E-state index >= 15 is 0 Å². The van der Waals surface area contributed by atoms with Gasteiger partial charge in [0.1, 0.15) is 5.75 Å². The summed E-state index contributed by atoms with van der Waals surface area (Å²) in [6.07, 6.45) is 0.631. The Morgan fingerprint density at radius 3 is 2.56 bits per heavy atom. The molecule has 0 unspecified atom stereocenters. The van der Waals surface area contributed by atoms with Crippen LogP contribution in [0.25, 0.3) is 0 Å². The van der Waals surface area contributed by atoms with Crippen LogP contribution < -0.4 is 10.5 Å². The fourth-order valence-electron chi connectivity index (χ4n) is 1.17. The van der Waals surface area contributed by atoms with Crippen molar-refractivity contribution in [1.82, 2.24) is 0 Å². The lowest BCUT2D eigenvalue weighted by atomic mass is 9.88. The molecule has 0 amide bonds. The maximum absolute atomic E-state index is 7.45. The van der Waals surface area contributed by atoms with Crippen molar-refractivity contribution in [3.8, 4) is 5.75 Å². The Labute approximate surface area is 125 Å². The lowest BCUT2D eigenvalue weighted by Gasteiger charge is -2.22. The van der Waals surface area contributed by atoms with Crippen LogP contribution >= 0.6 is 39.1 Å². The van der Waals surface area contributed by atoms with Crippen LogP contribution in [-0.4, -0.2) is 12.4 Å². The smallest absolute Gasteiger partial charge is 0.139 e. The van der Waals surface area contributed by atoms with Crippen molar-refractivity contribution < 1.29 is 4.74 Å². The molecule has 0 saturated heterocycles. The van der Waals surface area contributed by atoms with Crippen molar-refractivity contribution in [3.05, 3.63) is 26.7 Å². The normalized spacial score (nSPS) is 11.4. The molecule has 0 heterocycles. The molecule has 18 heavy (non-hydrogen) atoms. The molecule has 0 aliphatic rings. The van der Waals surface area contributed by atoms with E-state index in [2.05, 4.69) is 15.9 Å². The fraction of sp³-hybridized carbons (Fsp3) is 0.417. The zero-order valence-electron chi connectivity index (χ0n) is 10.2. The maximum atomic E-state index is 7.45. The summed E-state index contributed by atoms with van der Waals surface area (Å²) in [4.78, 5) is 0. The highest BCUT2D eigenvalue weighted by Gasteiger charge is 2.21. The van der Waals surface area contributed by atoms with E-state index in [0.717, 1.165) is 4.47 Å². The van der Waals surface area contributed by atoms with E-state index < -0.39 is 0 Å². The predicted octanol–water partition coefficient (Wildman–Crippen LogP) is 4.49. The van der Waals surface area contributed by atoms with Gasteiger partial charge in [0.05, 0.1) is 22.5 Å². The summed E-state index contributed by atoms with van der Waals surface area (Å²) < 4.78 is 6.30. The molecule has 0 aliphatic heterocycles. The van der Waals surface area contributed by atoms with Gasteiger partial charge < -0.3 is 10.5 Å². The van der Waals surface area contributed by atoms with E-state index in [-0.39, 0.29) is 11.3 Å². The quantitative estimate of drug-likeness (QED) is 0.465. The van der Waals surface area contributed by atoms with Crippen LogP contribution in [0.1, 0.15) is 20.3 Å². The number of benzene rings is 1. The Bertz CT molecular complexity index is 464. The van der Waals surface area contributed by atoms with Crippen molar-refractivity contribution in [2.75, 3.05) is 6.61 Å². The van der Waals surface area contributed by atoms with Gasteiger partial charge in [-0.3, -0.25) is 5.41 Å². The van der Waals surface area contributed by atoms with Crippen LogP contribution in [0, 0.1) is 10.8 Å². The molecule has 0 bridgehead atoms. The highest BCUT2D eigenvalue weighted by molar-refractivity contribution is 9.10. The summed E-state index contributed by atoms with van der Waals surface area (Å²) in [7, 11) is 0. The number of ether oxygens (including phenoxy) is 1. The molecule has 0 atom stereocenters. The number of nitrogens with one attached hydrogen (secondary N) is 1. The molecule has 0 fully saturated rings. The first-order valence-electron chi connectivity index (χ1n) is 5.36. The molecule has 3 nitrogen and oxygen atoms in total. The summed E-state index contributed by atoms with van der Waals surface area (Å²) in [6.45, 7) is 4.22. The van der Waals surface area contributed by atoms with E-state index in [1.54, 1.807) is 12.1 Å². The van der Waals surface area contributed by atoms with Gasteiger partial charge in [0.15, 0.2) is 0 Å². The third-order valence-electron chi connectivity index (χ3n) is 2.69. The number of halogens is 3. The van der Waals surface area contributed by atoms with E-state index in [1.165, 1.54) is 0 Å². The van der Waals surface area contributed by atoms with Crippen LogP contribution in [0.4, 0.5) is 0 Å². The van der Waals surface area contributed by atoms with Gasteiger partial charge in [-0.2, -0.15) is 0 Å². The minimum Gasteiger partial charge on any atom is -0.492 e. The van der Waals surface area contributed by atoms with Crippen molar-refractivity contribution in [3.63, 3.8) is 0 Å². The molecule has 1 aromatic rings. The second-order valence-corrected chi connectivity index (χ2v) is 6.26. The minimum absolute atomic E-state index is 0.144. The Kier molecular flexibility index (Phi) is 5.32. The molecular weight excluding hydrogens is 339 g/mol. The van der Waals surface area contributed by atoms with E-state index in [0.29, 0.717) is 28.8 Å². The Hall–Kier alpha value is -0.450. The first-order chi connectivity index (χ1) is 8.24. The van der Waals surface area contributed by atoms with Crippen LogP contribution in [0.5, 0.6) is 5.75 Å². The molecule has 1 rings (SSSR count). The Balaban J connectivity index is 2.65. The van der Waals surface area contributed by atoms with Gasteiger partial charge in [-0.1, -0.05) is 37.0 Å². The molecule has 6 heteroatoms. The highest BCUT2D eigenvalue weighted by atomic mass is 79.9. The zero-order chi connectivity index (χ0) is 13.9. The second kappa shape index (κ2) is 6.13. The average Bonchev–Trinajstić information content (AvgIpc) is 2.25. The monoisotopic (exact) mass is 352 g/mol. The fourth-order valence-corrected chi connectivity index (χ4v) is 2.01. The van der Waals surface area contributed by atoms with Crippen LogP contribution in [0.15, 0.2) is 16.6 Å². The topological polar surface area (TPSA) is 59.1 Å². The van der Waals surface area contributed by atoms with Gasteiger partial charge in [0.25, 0.3) is 0 Å². The van der Waals surface area contributed by atoms with Crippen LogP contribution in [-0.2, 0) is 0 Å². The van der Waals surface area contributed by atoms with Gasteiger partial charge in [0, 0.05) is 16.0 Å². The summed E-state index contributed by atoms with van der Waals surface area (Å²) in [6, 6.07) is 3.35. The number of hydrogen-bond donors (Lipinski definition) is 2. The second-order valence-electron chi connectivity index (χ2n) is 4.59. The zero-order valence-corrected chi connectivity index (χ0v) is 13.3. The summed E-state index contributed by atoms with van der Waals surface area (Å²) >= 11 is 15.3. The number of nitrogens with two attached hydrogens (primary N) is 1. The van der Waals surface area contributed by atoms with Gasteiger partial charge in [-0.15, -0.1) is 0 Å². The number of hydrogen-bond acceptors (Lipinski definition) is 2. The summed E-state index contributed by atoms with van der Waals surface area (Å²) in [5.41, 5.74) is 5.11. The predicted molar refractivity (Wildman–Crippen MR) is 80.0 cm³/mol.